The third-order valence-corrected chi connectivity index (χ3v) is 1.30. The molecule has 0 bridgehead atoms. The van der Waals surface area contributed by atoms with Crippen molar-refractivity contribution in [2.45, 2.75) is 19.3 Å². The minimum atomic E-state index is -0.0122. The molecule has 0 atom stereocenters. The summed E-state index contributed by atoms with van der Waals surface area (Å²) in [6, 6.07) is 0. The van der Waals surface area contributed by atoms with Crippen molar-refractivity contribution in [1.82, 2.24) is 0 Å². The van der Waals surface area contributed by atoms with Crippen LogP contribution >= 0.6 is 0 Å². The lowest BCUT2D eigenvalue weighted by Gasteiger charge is -1.92. The van der Waals surface area contributed by atoms with Crippen molar-refractivity contribution in [3.05, 3.63) is 25.3 Å². The third kappa shape index (κ3) is 5.27. The summed E-state index contributed by atoms with van der Waals surface area (Å²) in [5.74, 6) is -0.0243. The second-order valence-electron chi connectivity index (χ2n) is 2.19. The lowest BCUT2D eigenvalue weighted by atomic mass is 10.1. The lowest BCUT2D eigenvalue weighted by molar-refractivity contribution is -0.115. The average Bonchev–Trinajstić information content (AvgIpc) is 2.04. The van der Waals surface area contributed by atoms with Crippen molar-refractivity contribution in [1.29, 1.82) is 0 Å². The maximum atomic E-state index is 10.6. The van der Waals surface area contributed by atoms with Crippen molar-refractivity contribution < 1.29 is 9.59 Å². The summed E-state index contributed by atoms with van der Waals surface area (Å²) in [5, 5.41) is 0. The molecule has 11 heavy (non-hydrogen) atoms. The van der Waals surface area contributed by atoms with Crippen LogP contribution in [0.1, 0.15) is 19.3 Å². The first-order valence-electron chi connectivity index (χ1n) is 3.51. The van der Waals surface area contributed by atoms with E-state index in [1.54, 1.807) is 0 Å². The SMILES string of the molecule is C=CC(=O)CCCC(=O)C=C. The number of ketones is 2. The summed E-state index contributed by atoms with van der Waals surface area (Å²) in [4.78, 5) is 21.3. The Labute approximate surface area is 66.6 Å². The molecular formula is C9H12O2. The zero-order chi connectivity index (χ0) is 8.69. The van der Waals surface area contributed by atoms with Gasteiger partial charge in [-0.3, -0.25) is 9.59 Å². The monoisotopic (exact) mass is 152 g/mol. The highest BCUT2D eigenvalue weighted by Crippen LogP contribution is 1.98. The number of carbonyl (C=O) groups is 2. The van der Waals surface area contributed by atoms with E-state index >= 15 is 0 Å². The van der Waals surface area contributed by atoms with Gasteiger partial charge in [-0.15, -0.1) is 0 Å². The van der Waals surface area contributed by atoms with Gasteiger partial charge in [-0.25, -0.2) is 0 Å². The first-order valence-corrected chi connectivity index (χ1v) is 3.51. The Morgan fingerprint density at radius 2 is 1.36 bits per heavy atom. The molecule has 0 saturated heterocycles. The van der Waals surface area contributed by atoms with Crippen LogP contribution in [-0.4, -0.2) is 11.6 Å². The summed E-state index contributed by atoms with van der Waals surface area (Å²) in [7, 11) is 0. The summed E-state index contributed by atoms with van der Waals surface area (Å²) in [5.41, 5.74) is 0. The Kier molecular flexibility index (Phi) is 4.99. The Morgan fingerprint density at radius 1 is 1.00 bits per heavy atom. The molecule has 0 aliphatic carbocycles. The topological polar surface area (TPSA) is 34.1 Å². The van der Waals surface area contributed by atoms with Crippen molar-refractivity contribution in [2.75, 3.05) is 0 Å². The van der Waals surface area contributed by atoms with Crippen LogP contribution in [0.2, 0.25) is 0 Å². The minimum absolute atomic E-state index is 0.0122. The van der Waals surface area contributed by atoms with E-state index in [2.05, 4.69) is 13.2 Å². The van der Waals surface area contributed by atoms with Gasteiger partial charge in [0, 0.05) is 12.8 Å². The van der Waals surface area contributed by atoms with E-state index in [-0.39, 0.29) is 11.6 Å². The van der Waals surface area contributed by atoms with E-state index in [1.165, 1.54) is 12.2 Å². The predicted molar refractivity (Wildman–Crippen MR) is 44.3 cm³/mol. The van der Waals surface area contributed by atoms with Crippen molar-refractivity contribution >= 4 is 11.6 Å². The molecule has 0 aromatic heterocycles. The van der Waals surface area contributed by atoms with E-state index in [4.69, 9.17) is 0 Å². The molecule has 0 rings (SSSR count). The van der Waals surface area contributed by atoms with E-state index in [0.29, 0.717) is 19.3 Å². The highest BCUT2D eigenvalue weighted by Gasteiger charge is 1.98. The summed E-state index contributed by atoms with van der Waals surface area (Å²) >= 11 is 0. The summed E-state index contributed by atoms with van der Waals surface area (Å²) in [6.07, 6.45) is 3.96. The van der Waals surface area contributed by atoms with Gasteiger partial charge in [0.2, 0.25) is 0 Å². The zero-order valence-corrected chi connectivity index (χ0v) is 6.51. The van der Waals surface area contributed by atoms with Crippen LogP contribution in [0.25, 0.3) is 0 Å². The fourth-order valence-corrected chi connectivity index (χ4v) is 0.641. The maximum absolute atomic E-state index is 10.6. The Balaban J connectivity index is 3.41. The smallest absolute Gasteiger partial charge is 0.155 e. The minimum Gasteiger partial charge on any atom is -0.295 e. The number of rotatable bonds is 6. The molecular weight excluding hydrogens is 140 g/mol. The fraction of sp³-hybridized carbons (Fsp3) is 0.333. The van der Waals surface area contributed by atoms with Gasteiger partial charge in [0.05, 0.1) is 0 Å². The standard InChI is InChI=1S/C9H12O2/c1-3-8(10)6-5-7-9(11)4-2/h3-4H,1-2,5-7H2. The van der Waals surface area contributed by atoms with Gasteiger partial charge in [0.15, 0.2) is 11.6 Å². The molecule has 0 radical (unpaired) electrons. The number of hydrogen-bond donors (Lipinski definition) is 0. The first kappa shape index (κ1) is 9.82. The normalized spacial score (nSPS) is 8.73. The molecule has 60 valence electrons. The van der Waals surface area contributed by atoms with Crippen molar-refractivity contribution in [3.8, 4) is 0 Å². The lowest BCUT2D eigenvalue weighted by Crippen LogP contribution is -1.96. The van der Waals surface area contributed by atoms with Gasteiger partial charge in [-0.1, -0.05) is 13.2 Å². The average molecular weight is 152 g/mol. The molecule has 2 heteroatoms. The van der Waals surface area contributed by atoms with Crippen LogP contribution in [-0.2, 0) is 9.59 Å². The van der Waals surface area contributed by atoms with E-state index < -0.39 is 0 Å². The Morgan fingerprint density at radius 3 is 1.64 bits per heavy atom. The molecule has 0 spiro atoms. The molecule has 0 aliphatic rings. The largest absolute Gasteiger partial charge is 0.295 e. The molecule has 0 fully saturated rings. The van der Waals surface area contributed by atoms with E-state index in [9.17, 15) is 9.59 Å². The quantitative estimate of drug-likeness (QED) is 0.542. The number of hydrogen-bond acceptors (Lipinski definition) is 2. The van der Waals surface area contributed by atoms with Gasteiger partial charge < -0.3 is 0 Å². The van der Waals surface area contributed by atoms with Crippen LogP contribution < -0.4 is 0 Å². The number of carbonyl (C=O) groups excluding carboxylic acids is 2. The first-order chi connectivity index (χ1) is 5.20. The predicted octanol–water partition coefficient (Wildman–Crippen LogP) is 1.67. The molecule has 2 nitrogen and oxygen atoms in total. The molecule has 0 unspecified atom stereocenters. The van der Waals surface area contributed by atoms with Crippen LogP contribution in [0, 0.1) is 0 Å². The van der Waals surface area contributed by atoms with Gasteiger partial charge in [-0.2, -0.15) is 0 Å². The Hall–Kier alpha value is -1.18. The van der Waals surface area contributed by atoms with Gasteiger partial charge in [0.1, 0.15) is 0 Å². The van der Waals surface area contributed by atoms with Gasteiger partial charge in [-0.05, 0) is 18.6 Å². The van der Waals surface area contributed by atoms with Crippen LogP contribution in [0.3, 0.4) is 0 Å². The molecule has 0 amide bonds. The fourth-order valence-electron chi connectivity index (χ4n) is 0.641. The zero-order valence-electron chi connectivity index (χ0n) is 6.51. The van der Waals surface area contributed by atoms with Crippen LogP contribution in [0.5, 0.6) is 0 Å². The molecule has 0 saturated carbocycles. The second-order valence-corrected chi connectivity index (χ2v) is 2.19. The van der Waals surface area contributed by atoms with Crippen LogP contribution in [0.15, 0.2) is 25.3 Å². The molecule has 0 aromatic carbocycles. The molecule has 0 N–H and O–H groups in total. The highest BCUT2D eigenvalue weighted by atomic mass is 16.1. The van der Waals surface area contributed by atoms with Crippen molar-refractivity contribution in [2.24, 2.45) is 0 Å². The highest BCUT2D eigenvalue weighted by molar-refractivity contribution is 5.91. The third-order valence-electron chi connectivity index (χ3n) is 1.30. The summed E-state index contributed by atoms with van der Waals surface area (Å²) < 4.78 is 0. The maximum Gasteiger partial charge on any atom is 0.155 e. The van der Waals surface area contributed by atoms with E-state index in [0.717, 1.165) is 0 Å². The second kappa shape index (κ2) is 5.59. The van der Waals surface area contributed by atoms with Crippen molar-refractivity contribution in [3.63, 3.8) is 0 Å². The molecule has 0 aliphatic heterocycles. The summed E-state index contributed by atoms with van der Waals surface area (Å²) in [6.45, 7) is 6.65. The molecule has 0 aromatic rings. The Bertz CT molecular complexity index is 160. The molecule has 0 heterocycles. The van der Waals surface area contributed by atoms with Gasteiger partial charge >= 0.3 is 0 Å². The van der Waals surface area contributed by atoms with E-state index in [1.807, 2.05) is 0 Å². The van der Waals surface area contributed by atoms with Crippen LogP contribution in [0.4, 0.5) is 0 Å². The van der Waals surface area contributed by atoms with Gasteiger partial charge in [0.25, 0.3) is 0 Å². The number of allylic oxidation sites excluding steroid dienone is 2.